The zero-order chi connectivity index (χ0) is 26.0. The molecule has 0 aliphatic heterocycles. The number of ether oxygens (including phenoxy) is 1. The predicted molar refractivity (Wildman–Crippen MR) is 149 cm³/mol. The van der Waals surface area contributed by atoms with Gasteiger partial charge in [0.25, 0.3) is 0 Å². The van der Waals surface area contributed by atoms with Crippen LogP contribution in [0.2, 0.25) is 5.02 Å². The van der Waals surface area contributed by atoms with Gasteiger partial charge in [-0.15, -0.1) is 0 Å². The maximum Gasteiger partial charge on any atom is 0.323 e. The first-order chi connectivity index (χ1) is 16.6. The van der Waals surface area contributed by atoms with Crippen LogP contribution in [0.4, 0.5) is 16.2 Å². The van der Waals surface area contributed by atoms with E-state index in [-0.39, 0.29) is 6.03 Å². The van der Waals surface area contributed by atoms with Crippen molar-refractivity contribution in [3.63, 3.8) is 0 Å². The van der Waals surface area contributed by atoms with Gasteiger partial charge in [0.1, 0.15) is 5.75 Å². The molecule has 0 unspecified atom stereocenters. The van der Waals surface area contributed by atoms with Crippen molar-refractivity contribution in [1.82, 2.24) is 19.6 Å². The molecule has 3 rings (SSSR count). The minimum Gasteiger partial charge on any atom is -0.496 e. The van der Waals surface area contributed by atoms with Crippen LogP contribution in [0.25, 0.3) is 11.3 Å². The SMILES string of the molecule is CN(C)CCCN(C)C.COc1ccc(NC(=O)Nc2ccc(Cl)cc2)cc1-c1c(Br)cnn1C. The van der Waals surface area contributed by atoms with E-state index in [9.17, 15) is 4.79 Å². The van der Waals surface area contributed by atoms with Crippen LogP contribution in [0.1, 0.15) is 6.42 Å². The largest absolute Gasteiger partial charge is 0.496 e. The molecule has 0 atom stereocenters. The Bertz CT molecular complexity index is 1060. The summed E-state index contributed by atoms with van der Waals surface area (Å²) in [5.74, 6) is 0.679. The summed E-state index contributed by atoms with van der Waals surface area (Å²) in [5.41, 5.74) is 2.93. The van der Waals surface area contributed by atoms with Crippen molar-refractivity contribution in [2.75, 3.05) is 59.0 Å². The third kappa shape index (κ3) is 9.52. The number of rotatable bonds is 8. The van der Waals surface area contributed by atoms with E-state index in [1.54, 1.807) is 54.4 Å². The second-order valence-electron chi connectivity index (χ2n) is 8.43. The van der Waals surface area contributed by atoms with Gasteiger partial charge in [0.2, 0.25) is 0 Å². The minimum absolute atomic E-state index is 0.354. The number of halogens is 2. The third-order valence-electron chi connectivity index (χ3n) is 4.92. The lowest BCUT2D eigenvalue weighted by atomic mass is 10.1. The van der Waals surface area contributed by atoms with Gasteiger partial charge in [-0.2, -0.15) is 5.10 Å². The molecule has 1 aromatic heterocycles. The Labute approximate surface area is 221 Å². The van der Waals surface area contributed by atoms with Crippen LogP contribution in [0, 0.1) is 0 Å². The van der Waals surface area contributed by atoms with Crippen molar-refractivity contribution >= 4 is 44.9 Å². The maximum absolute atomic E-state index is 12.2. The van der Waals surface area contributed by atoms with Crippen molar-refractivity contribution in [2.24, 2.45) is 7.05 Å². The van der Waals surface area contributed by atoms with Gasteiger partial charge >= 0.3 is 6.03 Å². The predicted octanol–water partition coefficient (Wildman–Crippen LogP) is 5.66. The Morgan fingerprint density at radius 1 is 1.03 bits per heavy atom. The van der Waals surface area contributed by atoms with E-state index in [0.717, 1.165) is 15.7 Å². The number of carbonyl (C=O) groups excluding carboxylic acids is 1. The summed E-state index contributed by atoms with van der Waals surface area (Å²) < 4.78 is 8.01. The van der Waals surface area contributed by atoms with Crippen LogP contribution < -0.4 is 15.4 Å². The fraction of sp³-hybridized carbons (Fsp3) is 0.360. The average Bonchev–Trinajstić information content (AvgIpc) is 3.13. The van der Waals surface area contributed by atoms with E-state index in [0.29, 0.717) is 22.1 Å². The van der Waals surface area contributed by atoms with Gasteiger partial charge in [-0.05, 0) is 106 Å². The smallest absolute Gasteiger partial charge is 0.323 e. The fourth-order valence-corrected chi connectivity index (χ4v) is 3.90. The second kappa shape index (κ2) is 14.1. The summed E-state index contributed by atoms with van der Waals surface area (Å²) in [6.45, 7) is 2.39. The lowest BCUT2D eigenvalue weighted by Gasteiger charge is -2.13. The summed E-state index contributed by atoms with van der Waals surface area (Å²) >= 11 is 9.34. The van der Waals surface area contributed by atoms with E-state index < -0.39 is 0 Å². The maximum atomic E-state index is 12.2. The third-order valence-corrected chi connectivity index (χ3v) is 5.75. The van der Waals surface area contributed by atoms with Gasteiger partial charge < -0.3 is 25.2 Å². The highest BCUT2D eigenvalue weighted by Crippen LogP contribution is 2.36. The molecule has 0 bridgehead atoms. The summed E-state index contributed by atoms with van der Waals surface area (Å²) in [6, 6.07) is 11.9. The van der Waals surface area contributed by atoms with Gasteiger partial charge in [-0.1, -0.05) is 11.6 Å². The number of aryl methyl sites for hydroxylation is 1. The van der Waals surface area contributed by atoms with Crippen LogP contribution in [-0.4, -0.2) is 74.0 Å². The topological polar surface area (TPSA) is 74.7 Å². The van der Waals surface area contributed by atoms with Crippen molar-refractivity contribution in [3.8, 4) is 17.0 Å². The van der Waals surface area contributed by atoms with Gasteiger partial charge in [-0.3, -0.25) is 4.68 Å². The molecule has 190 valence electrons. The van der Waals surface area contributed by atoms with Crippen LogP contribution in [0.5, 0.6) is 5.75 Å². The molecule has 2 aromatic carbocycles. The molecule has 3 aromatic rings. The molecule has 0 aliphatic rings. The van der Waals surface area contributed by atoms with E-state index in [4.69, 9.17) is 16.3 Å². The number of nitrogens with one attached hydrogen (secondary N) is 2. The molecule has 2 amide bonds. The monoisotopic (exact) mass is 564 g/mol. The van der Waals surface area contributed by atoms with Gasteiger partial charge in [0, 0.05) is 29.0 Å². The second-order valence-corrected chi connectivity index (χ2v) is 9.72. The Hall–Kier alpha value is -2.59. The number of anilines is 2. The lowest BCUT2D eigenvalue weighted by Crippen LogP contribution is -2.20. The molecule has 8 nitrogen and oxygen atoms in total. The number of methoxy groups -OCH3 is 1. The first-order valence-corrected chi connectivity index (χ1v) is 12.3. The summed E-state index contributed by atoms with van der Waals surface area (Å²) in [5, 5.41) is 10.4. The quantitative estimate of drug-likeness (QED) is 0.369. The Morgan fingerprint density at radius 3 is 2.11 bits per heavy atom. The highest BCUT2D eigenvalue weighted by molar-refractivity contribution is 9.10. The molecule has 0 saturated heterocycles. The van der Waals surface area contributed by atoms with E-state index in [1.807, 2.05) is 13.1 Å². The number of benzene rings is 2. The molecule has 2 N–H and O–H groups in total. The standard InChI is InChI=1S/C18H16BrClN4O2.C7H18N2/c1-24-17(15(19)10-21-24)14-9-13(7-8-16(14)26-2)23-18(25)22-12-5-3-11(20)4-6-12;1-8(2)6-5-7-9(3)4/h3-10H,1-2H3,(H2,22,23,25);5-7H2,1-4H3. The van der Waals surface area contributed by atoms with Crippen molar-refractivity contribution in [2.45, 2.75) is 6.42 Å². The van der Waals surface area contributed by atoms with Crippen LogP contribution >= 0.6 is 27.5 Å². The van der Waals surface area contributed by atoms with E-state index in [1.165, 1.54) is 19.5 Å². The molecule has 0 fully saturated rings. The van der Waals surface area contributed by atoms with Crippen LogP contribution in [0.3, 0.4) is 0 Å². The summed E-state index contributed by atoms with van der Waals surface area (Å²) in [7, 11) is 11.9. The van der Waals surface area contributed by atoms with Crippen LogP contribution in [0.15, 0.2) is 53.1 Å². The number of aromatic nitrogens is 2. The van der Waals surface area contributed by atoms with Gasteiger partial charge in [-0.25, -0.2) is 4.79 Å². The highest BCUT2D eigenvalue weighted by Gasteiger charge is 2.15. The number of urea groups is 1. The molecule has 10 heteroatoms. The van der Waals surface area contributed by atoms with E-state index >= 15 is 0 Å². The Balaban J connectivity index is 0.000000410. The van der Waals surface area contributed by atoms with Gasteiger partial charge in [0.15, 0.2) is 0 Å². The summed E-state index contributed by atoms with van der Waals surface area (Å²) in [6.07, 6.45) is 2.97. The Morgan fingerprint density at radius 2 is 1.60 bits per heavy atom. The molecule has 0 radical (unpaired) electrons. The van der Waals surface area contributed by atoms with Gasteiger partial charge in [0.05, 0.1) is 23.5 Å². The molecule has 0 aliphatic carbocycles. The van der Waals surface area contributed by atoms with E-state index in [2.05, 4.69) is 69.7 Å². The summed E-state index contributed by atoms with van der Waals surface area (Å²) in [4.78, 5) is 16.7. The minimum atomic E-state index is -0.354. The van der Waals surface area contributed by atoms with Crippen molar-refractivity contribution in [1.29, 1.82) is 0 Å². The molecule has 0 spiro atoms. The zero-order valence-corrected chi connectivity index (χ0v) is 23.4. The molecule has 1 heterocycles. The van der Waals surface area contributed by atoms with Crippen molar-refractivity contribution < 1.29 is 9.53 Å². The molecular formula is C25H34BrClN6O2. The normalized spacial score (nSPS) is 10.7. The molecule has 0 saturated carbocycles. The van der Waals surface area contributed by atoms with Crippen molar-refractivity contribution in [3.05, 3.63) is 58.2 Å². The fourth-order valence-electron chi connectivity index (χ4n) is 3.21. The molecule has 35 heavy (non-hydrogen) atoms. The molecular weight excluding hydrogens is 532 g/mol. The zero-order valence-electron chi connectivity index (χ0n) is 21.1. The number of carbonyl (C=O) groups is 1. The lowest BCUT2D eigenvalue weighted by molar-refractivity contribution is 0.262. The number of amides is 2. The first kappa shape index (κ1) is 28.6. The number of hydrogen-bond acceptors (Lipinski definition) is 5. The number of hydrogen-bond donors (Lipinski definition) is 2. The van der Waals surface area contributed by atoms with Crippen LogP contribution in [-0.2, 0) is 7.05 Å². The first-order valence-electron chi connectivity index (χ1n) is 11.1. The number of nitrogens with zero attached hydrogens (tertiary/aromatic N) is 4. The average molecular weight is 566 g/mol. The highest BCUT2D eigenvalue weighted by atomic mass is 79.9. The Kier molecular flexibility index (Phi) is 11.5.